The van der Waals surface area contributed by atoms with E-state index in [1.165, 1.54) is 44.9 Å². The summed E-state index contributed by atoms with van der Waals surface area (Å²) < 4.78 is 0. The molecule has 2 fully saturated rings. The maximum absolute atomic E-state index is 13.0. The van der Waals surface area contributed by atoms with Gasteiger partial charge in [0.2, 0.25) is 5.91 Å². The quantitative estimate of drug-likeness (QED) is 0.680. The number of allylic oxidation sites excluding steroid dienone is 4. The molecule has 0 unspecified atom stereocenters. The van der Waals surface area contributed by atoms with E-state index in [9.17, 15) is 4.79 Å². The van der Waals surface area contributed by atoms with E-state index in [-0.39, 0.29) is 16.9 Å². The molecule has 2 heteroatoms. The van der Waals surface area contributed by atoms with Crippen molar-refractivity contribution in [2.24, 2.45) is 29.1 Å². The Labute approximate surface area is 153 Å². The molecule has 0 aliphatic heterocycles. The molecule has 0 radical (unpaired) electrons. The number of hydrogen-bond acceptors (Lipinski definition) is 1. The highest BCUT2D eigenvalue weighted by Crippen LogP contribution is 2.62. The van der Waals surface area contributed by atoms with Crippen molar-refractivity contribution < 1.29 is 4.79 Å². The van der Waals surface area contributed by atoms with E-state index in [0.717, 1.165) is 24.2 Å². The van der Waals surface area contributed by atoms with Crippen molar-refractivity contribution in [2.75, 3.05) is 0 Å². The van der Waals surface area contributed by atoms with Crippen LogP contribution in [-0.4, -0.2) is 11.4 Å². The van der Waals surface area contributed by atoms with Gasteiger partial charge in [0.1, 0.15) is 0 Å². The Morgan fingerprint density at radius 3 is 2.72 bits per heavy atom. The Kier molecular flexibility index (Phi) is 4.16. The molecule has 0 saturated heterocycles. The summed E-state index contributed by atoms with van der Waals surface area (Å²) >= 11 is 0. The van der Waals surface area contributed by atoms with E-state index in [1.54, 1.807) is 11.1 Å². The first-order valence-corrected chi connectivity index (χ1v) is 10.5. The van der Waals surface area contributed by atoms with Crippen molar-refractivity contribution in [2.45, 2.75) is 84.6 Å². The van der Waals surface area contributed by atoms with Crippen molar-refractivity contribution in [3.8, 4) is 0 Å². The van der Waals surface area contributed by atoms with E-state index in [1.807, 2.05) is 0 Å². The molecule has 0 aromatic heterocycles. The lowest BCUT2D eigenvalue weighted by atomic mass is 9.53. The number of hydrogen-bond donors (Lipinski definition) is 1. The zero-order valence-electron chi connectivity index (χ0n) is 16.5. The van der Waals surface area contributed by atoms with Crippen molar-refractivity contribution in [1.29, 1.82) is 0 Å². The van der Waals surface area contributed by atoms with Gasteiger partial charge in [-0.2, -0.15) is 0 Å². The Morgan fingerprint density at radius 2 is 1.96 bits per heavy atom. The van der Waals surface area contributed by atoms with Crippen molar-refractivity contribution in [3.05, 3.63) is 23.3 Å². The number of carbonyl (C=O) groups excluding carboxylic acids is 1. The van der Waals surface area contributed by atoms with Crippen LogP contribution >= 0.6 is 0 Å². The zero-order valence-corrected chi connectivity index (χ0v) is 16.5. The second kappa shape index (κ2) is 5.99. The fraction of sp³-hybridized carbons (Fsp3) is 0.783. The van der Waals surface area contributed by atoms with Gasteiger partial charge in [-0.05, 0) is 101 Å². The van der Waals surface area contributed by atoms with Crippen LogP contribution in [0.1, 0.15) is 79.1 Å². The van der Waals surface area contributed by atoms with Gasteiger partial charge in [0.15, 0.2) is 0 Å². The molecule has 25 heavy (non-hydrogen) atoms. The van der Waals surface area contributed by atoms with Crippen LogP contribution in [0.2, 0.25) is 0 Å². The number of amides is 1. The SMILES string of the molecule is CC(C)(C)NC(=O)[C@H]1CC[C@H]2[C@@H]3CCC4=C(CCC=C4)[C@H]3CC[C@]12C. The standard InChI is InChI=1S/C23H35NO/c1-22(2,3)24-21(25)20-12-11-19-18-10-9-15-7-5-6-8-16(15)17(18)13-14-23(19,20)4/h5,7,17-20H,6,8-14H2,1-4H3,(H,24,25)/t17-,18-,19+,20-,23+/m1/s1. The molecule has 4 aliphatic rings. The summed E-state index contributed by atoms with van der Waals surface area (Å²) in [5.41, 5.74) is 3.56. The average molecular weight is 342 g/mol. The summed E-state index contributed by atoms with van der Waals surface area (Å²) in [7, 11) is 0. The topological polar surface area (TPSA) is 29.1 Å². The first-order valence-electron chi connectivity index (χ1n) is 10.5. The van der Waals surface area contributed by atoms with E-state index >= 15 is 0 Å². The van der Waals surface area contributed by atoms with Gasteiger partial charge < -0.3 is 5.32 Å². The van der Waals surface area contributed by atoms with Gasteiger partial charge in [0.25, 0.3) is 0 Å². The summed E-state index contributed by atoms with van der Waals surface area (Å²) in [4.78, 5) is 13.0. The van der Waals surface area contributed by atoms with E-state index < -0.39 is 0 Å². The van der Waals surface area contributed by atoms with Gasteiger partial charge in [0, 0.05) is 11.5 Å². The van der Waals surface area contributed by atoms with Crippen LogP contribution in [0.15, 0.2) is 23.3 Å². The third-order valence-electron chi connectivity index (χ3n) is 7.76. The largest absolute Gasteiger partial charge is 0.351 e. The number of nitrogens with one attached hydrogen (secondary N) is 1. The van der Waals surface area contributed by atoms with Crippen LogP contribution in [0.5, 0.6) is 0 Å². The van der Waals surface area contributed by atoms with Crippen molar-refractivity contribution in [1.82, 2.24) is 5.32 Å². The predicted molar refractivity (Wildman–Crippen MR) is 103 cm³/mol. The Hall–Kier alpha value is -1.05. The molecule has 1 amide bonds. The third kappa shape index (κ3) is 2.90. The lowest BCUT2D eigenvalue weighted by molar-refractivity contribution is -0.132. The average Bonchev–Trinajstić information content (AvgIpc) is 2.90. The maximum atomic E-state index is 13.0. The molecular weight excluding hydrogens is 306 g/mol. The first-order chi connectivity index (χ1) is 11.8. The van der Waals surface area contributed by atoms with Crippen LogP contribution in [0, 0.1) is 29.1 Å². The van der Waals surface area contributed by atoms with Crippen LogP contribution in [0.3, 0.4) is 0 Å². The van der Waals surface area contributed by atoms with Gasteiger partial charge in [-0.3, -0.25) is 4.79 Å². The highest BCUT2D eigenvalue weighted by atomic mass is 16.2. The highest BCUT2D eigenvalue weighted by Gasteiger charge is 2.56. The second-order valence-corrected chi connectivity index (χ2v) is 10.3. The molecule has 0 bridgehead atoms. The van der Waals surface area contributed by atoms with E-state index in [0.29, 0.717) is 5.91 Å². The molecule has 2 saturated carbocycles. The molecule has 5 atom stereocenters. The fourth-order valence-electron chi connectivity index (χ4n) is 6.73. The van der Waals surface area contributed by atoms with Crippen LogP contribution in [-0.2, 0) is 4.79 Å². The minimum Gasteiger partial charge on any atom is -0.351 e. The third-order valence-corrected chi connectivity index (χ3v) is 7.76. The summed E-state index contributed by atoms with van der Waals surface area (Å²) in [5, 5.41) is 3.28. The number of carbonyl (C=O) groups is 1. The highest BCUT2D eigenvalue weighted by molar-refractivity contribution is 5.80. The summed E-state index contributed by atoms with van der Waals surface area (Å²) in [5.74, 6) is 2.93. The lowest BCUT2D eigenvalue weighted by Crippen LogP contribution is -2.50. The monoisotopic (exact) mass is 341 g/mol. The van der Waals surface area contributed by atoms with E-state index in [2.05, 4.69) is 45.2 Å². The minimum absolute atomic E-state index is 0.123. The van der Waals surface area contributed by atoms with Gasteiger partial charge in [-0.25, -0.2) is 0 Å². The molecule has 1 N–H and O–H groups in total. The molecule has 2 nitrogen and oxygen atoms in total. The summed E-state index contributed by atoms with van der Waals surface area (Å²) in [6.45, 7) is 8.74. The van der Waals surface area contributed by atoms with Crippen LogP contribution < -0.4 is 5.32 Å². The second-order valence-electron chi connectivity index (χ2n) is 10.3. The molecule has 4 rings (SSSR count). The molecule has 0 aromatic rings. The molecule has 0 spiro atoms. The summed E-state index contributed by atoms with van der Waals surface area (Å²) in [6, 6.07) is 0. The Balaban J connectivity index is 1.56. The molecular formula is C23H35NO. The van der Waals surface area contributed by atoms with Gasteiger partial charge in [-0.15, -0.1) is 0 Å². The first kappa shape index (κ1) is 17.4. The Bertz CT molecular complexity index is 622. The zero-order chi connectivity index (χ0) is 17.8. The minimum atomic E-state index is -0.123. The number of fused-ring (bicyclic) bond motifs is 4. The molecule has 0 heterocycles. The molecule has 138 valence electrons. The smallest absolute Gasteiger partial charge is 0.224 e. The van der Waals surface area contributed by atoms with Crippen LogP contribution in [0.25, 0.3) is 0 Å². The van der Waals surface area contributed by atoms with Crippen molar-refractivity contribution >= 4 is 5.91 Å². The molecule has 4 aliphatic carbocycles. The predicted octanol–water partition coefficient (Wildman–Crippen LogP) is 5.40. The van der Waals surface area contributed by atoms with Gasteiger partial charge in [-0.1, -0.05) is 24.6 Å². The molecule has 0 aromatic carbocycles. The van der Waals surface area contributed by atoms with Gasteiger partial charge in [0.05, 0.1) is 0 Å². The van der Waals surface area contributed by atoms with Crippen LogP contribution in [0.4, 0.5) is 0 Å². The summed E-state index contributed by atoms with van der Waals surface area (Å²) in [6.07, 6.45) is 14.8. The normalized spacial score (nSPS) is 40.3. The lowest BCUT2D eigenvalue weighted by Gasteiger charge is -2.51. The Morgan fingerprint density at radius 1 is 1.16 bits per heavy atom. The number of rotatable bonds is 1. The van der Waals surface area contributed by atoms with Crippen molar-refractivity contribution in [3.63, 3.8) is 0 Å². The fourth-order valence-corrected chi connectivity index (χ4v) is 6.73. The maximum Gasteiger partial charge on any atom is 0.224 e. The van der Waals surface area contributed by atoms with E-state index in [4.69, 9.17) is 0 Å². The van der Waals surface area contributed by atoms with Gasteiger partial charge >= 0.3 is 0 Å².